The third-order valence-electron chi connectivity index (χ3n) is 6.99. The van der Waals surface area contributed by atoms with Gasteiger partial charge in [0, 0.05) is 33.2 Å². The minimum atomic E-state index is -1.05. The van der Waals surface area contributed by atoms with Gasteiger partial charge in [-0.15, -0.1) is 0 Å². The van der Waals surface area contributed by atoms with E-state index in [1.165, 1.54) is 16.7 Å². The number of likely N-dealkylation sites (N-methyl/N-ethyl adjacent to an activating group) is 1. The lowest BCUT2D eigenvalue weighted by atomic mass is 9.84. The van der Waals surface area contributed by atoms with E-state index in [-0.39, 0.29) is 18.0 Å². The lowest BCUT2D eigenvalue weighted by molar-refractivity contribution is -0.128. The number of rotatable bonds is 7. The van der Waals surface area contributed by atoms with Crippen LogP contribution in [0.2, 0.25) is 0 Å². The molecule has 0 radical (unpaired) electrons. The largest absolute Gasteiger partial charge is 0.358 e. The smallest absolute Gasteiger partial charge is 0.241 e. The number of nitrogens with one attached hydrogen (secondary N) is 1. The third-order valence-corrected chi connectivity index (χ3v) is 6.99. The molecule has 3 aromatic rings. The van der Waals surface area contributed by atoms with Crippen molar-refractivity contribution in [3.8, 4) is 0 Å². The summed E-state index contributed by atoms with van der Waals surface area (Å²) in [4.78, 5) is 17.7. The maximum atomic E-state index is 12.8. The van der Waals surface area contributed by atoms with Crippen molar-refractivity contribution in [1.29, 1.82) is 0 Å². The number of carbonyl (C=O) groups is 1. The summed E-state index contributed by atoms with van der Waals surface area (Å²) < 4.78 is 0. The quantitative estimate of drug-likeness (QED) is 0.566. The van der Waals surface area contributed by atoms with E-state index < -0.39 is 5.54 Å². The van der Waals surface area contributed by atoms with Crippen LogP contribution in [0.4, 0.5) is 0 Å². The zero-order chi connectivity index (χ0) is 24.1. The Balaban J connectivity index is 1.60. The van der Waals surface area contributed by atoms with Crippen molar-refractivity contribution in [2.75, 3.05) is 33.2 Å². The second-order valence-corrected chi connectivity index (χ2v) is 9.47. The molecule has 3 aromatic carbocycles. The lowest BCUT2D eigenvalue weighted by Crippen LogP contribution is -2.62. The summed E-state index contributed by atoms with van der Waals surface area (Å²) in [5.74, 6) is -0.146. The van der Waals surface area contributed by atoms with Gasteiger partial charge in [0.05, 0.1) is 12.1 Å². The average molecular weight is 457 g/mol. The molecule has 0 spiro atoms. The van der Waals surface area contributed by atoms with Crippen LogP contribution >= 0.6 is 0 Å². The molecular formula is C29H36N4O. The van der Waals surface area contributed by atoms with E-state index in [0.29, 0.717) is 0 Å². The fraction of sp³-hybridized carbons (Fsp3) is 0.345. The van der Waals surface area contributed by atoms with E-state index in [2.05, 4.69) is 107 Å². The summed E-state index contributed by atoms with van der Waals surface area (Å²) in [6, 6.07) is 29.8. The van der Waals surface area contributed by atoms with Gasteiger partial charge in [-0.2, -0.15) is 0 Å². The van der Waals surface area contributed by atoms with Crippen molar-refractivity contribution in [3.05, 3.63) is 107 Å². The zero-order valence-corrected chi connectivity index (χ0v) is 20.4. The molecule has 0 aromatic heterocycles. The second-order valence-electron chi connectivity index (χ2n) is 9.47. The Labute approximate surface area is 203 Å². The normalized spacial score (nSPS) is 17.8. The van der Waals surface area contributed by atoms with Crippen molar-refractivity contribution >= 4 is 5.91 Å². The van der Waals surface area contributed by atoms with E-state index in [1.807, 2.05) is 6.92 Å². The molecule has 4 rings (SSSR count). The van der Waals surface area contributed by atoms with Gasteiger partial charge in [0.2, 0.25) is 5.91 Å². The van der Waals surface area contributed by atoms with Crippen molar-refractivity contribution in [1.82, 2.24) is 15.1 Å². The van der Waals surface area contributed by atoms with Crippen molar-refractivity contribution in [3.63, 3.8) is 0 Å². The van der Waals surface area contributed by atoms with Crippen molar-refractivity contribution < 1.29 is 4.79 Å². The van der Waals surface area contributed by atoms with Gasteiger partial charge in [-0.3, -0.25) is 14.6 Å². The monoisotopic (exact) mass is 456 g/mol. The Morgan fingerprint density at radius 2 is 1.26 bits per heavy atom. The van der Waals surface area contributed by atoms with Crippen LogP contribution in [0.5, 0.6) is 0 Å². The van der Waals surface area contributed by atoms with E-state index in [1.54, 1.807) is 7.05 Å². The van der Waals surface area contributed by atoms with Crippen LogP contribution in [-0.2, 0) is 4.79 Å². The first-order valence-corrected chi connectivity index (χ1v) is 12.1. The molecule has 1 amide bonds. The standard InChI is InChI=1S/C29H36N4O/c1-22-14-16-25(17-15-22)27(29(2,30)28(34)31-3)33-20-18-32(19-21-33)26(23-10-6-4-7-11-23)24-12-8-5-9-13-24/h4-17,26-27H,18-21,30H2,1-3H3,(H,31,34). The van der Waals surface area contributed by atoms with Gasteiger partial charge in [0.15, 0.2) is 0 Å². The minimum Gasteiger partial charge on any atom is -0.358 e. The van der Waals surface area contributed by atoms with Crippen molar-refractivity contribution in [2.24, 2.45) is 5.73 Å². The number of piperazine rings is 1. The predicted molar refractivity (Wildman–Crippen MR) is 138 cm³/mol. The van der Waals surface area contributed by atoms with Crippen LogP contribution in [0.15, 0.2) is 84.9 Å². The summed E-state index contributed by atoms with van der Waals surface area (Å²) in [5, 5.41) is 2.77. The number of carbonyl (C=O) groups excluding carboxylic acids is 1. The molecule has 1 saturated heterocycles. The van der Waals surface area contributed by atoms with E-state index >= 15 is 0 Å². The SMILES string of the molecule is CNC(=O)C(C)(N)C(c1ccc(C)cc1)N1CCN(C(c2ccccc2)c2ccccc2)CC1. The number of hydrogen-bond donors (Lipinski definition) is 2. The van der Waals surface area contributed by atoms with Gasteiger partial charge >= 0.3 is 0 Å². The molecule has 0 aliphatic carbocycles. The molecule has 1 fully saturated rings. The molecule has 5 nitrogen and oxygen atoms in total. The Bertz CT molecular complexity index is 1020. The Kier molecular flexibility index (Phi) is 7.47. The van der Waals surface area contributed by atoms with E-state index in [9.17, 15) is 4.79 Å². The average Bonchev–Trinajstić information content (AvgIpc) is 2.87. The molecule has 34 heavy (non-hydrogen) atoms. The molecule has 2 unspecified atom stereocenters. The van der Waals surface area contributed by atoms with E-state index in [0.717, 1.165) is 31.7 Å². The number of hydrogen-bond acceptors (Lipinski definition) is 4. The molecule has 1 aliphatic rings. The predicted octanol–water partition coefficient (Wildman–Crippen LogP) is 3.91. The van der Waals surface area contributed by atoms with Crippen LogP contribution in [0, 0.1) is 6.92 Å². The summed E-state index contributed by atoms with van der Waals surface area (Å²) >= 11 is 0. The van der Waals surface area contributed by atoms with E-state index in [4.69, 9.17) is 5.73 Å². The number of benzene rings is 3. The first-order chi connectivity index (χ1) is 16.4. The fourth-order valence-electron chi connectivity index (χ4n) is 5.22. The molecule has 178 valence electrons. The molecule has 3 N–H and O–H groups in total. The highest BCUT2D eigenvalue weighted by molar-refractivity contribution is 5.86. The molecule has 1 heterocycles. The van der Waals surface area contributed by atoms with Gasteiger partial charge in [-0.25, -0.2) is 0 Å². The zero-order valence-electron chi connectivity index (χ0n) is 20.4. The van der Waals surface area contributed by atoms with Crippen LogP contribution in [0.3, 0.4) is 0 Å². The van der Waals surface area contributed by atoms with Crippen molar-refractivity contribution in [2.45, 2.75) is 31.5 Å². The number of amides is 1. The second kappa shape index (κ2) is 10.5. The maximum absolute atomic E-state index is 12.8. The molecule has 2 atom stereocenters. The molecule has 5 heteroatoms. The Hall–Kier alpha value is -2.99. The summed E-state index contributed by atoms with van der Waals surface area (Å²) in [5.41, 5.74) is 10.5. The van der Waals surface area contributed by atoms with Gasteiger partial charge in [-0.05, 0) is 30.5 Å². The molecule has 1 aliphatic heterocycles. The maximum Gasteiger partial charge on any atom is 0.241 e. The molecule has 0 bridgehead atoms. The van der Waals surface area contributed by atoms with Gasteiger partial charge < -0.3 is 11.1 Å². The highest BCUT2D eigenvalue weighted by Crippen LogP contribution is 2.35. The first kappa shape index (κ1) is 24.1. The van der Waals surface area contributed by atoms with Gasteiger partial charge in [0.1, 0.15) is 5.54 Å². The Morgan fingerprint density at radius 1 is 0.794 bits per heavy atom. The minimum absolute atomic E-state index is 0.146. The summed E-state index contributed by atoms with van der Waals surface area (Å²) in [6.07, 6.45) is 0. The first-order valence-electron chi connectivity index (χ1n) is 12.1. The fourth-order valence-corrected chi connectivity index (χ4v) is 5.22. The number of aryl methyl sites for hydroxylation is 1. The van der Waals surface area contributed by atoms with Crippen LogP contribution in [0.1, 0.15) is 41.3 Å². The van der Waals surface area contributed by atoms with Crippen LogP contribution in [-0.4, -0.2) is 54.5 Å². The van der Waals surface area contributed by atoms with Gasteiger partial charge in [0.25, 0.3) is 0 Å². The molecule has 0 saturated carbocycles. The van der Waals surface area contributed by atoms with Crippen LogP contribution < -0.4 is 11.1 Å². The van der Waals surface area contributed by atoms with Crippen LogP contribution in [0.25, 0.3) is 0 Å². The highest BCUT2D eigenvalue weighted by Gasteiger charge is 2.43. The number of nitrogens with two attached hydrogens (primary N) is 1. The molecular weight excluding hydrogens is 420 g/mol. The third kappa shape index (κ3) is 5.07. The highest BCUT2D eigenvalue weighted by atomic mass is 16.2. The number of nitrogens with zero attached hydrogens (tertiary/aromatic N) is 2. The summed E-state index contributed by atoms with van der Waals surface area (Å²) in [6.45, 7) is 7.36. The summed E-state index contributed by atoms with van der Waals surface area (Å²) in [7, 11) is 1.65. The lowest BCUT2D eigenvalue weighted by Gasteiger charge is -2.46. The topological polar surface area (TPSA) is 61.6 Å². The van der Waals surface area contributed by atoms with Gasteiger partial charge in [-0.1, -0.05) is 90.5 Å². The Morgan fingerprint density at radius 3 is 1.74 bits per heavy atom.